The number of aromatic amines is 1. The zero-order valence-electron chi connectivity index (χ0n) is 16.0. The summed E-state index contributed by atoms with van der Waals surface area (Å²) < 4.78 is 5.93. The Morgan fingerprint density at radius 3 is 2.83 bits per heavy atom. The molecule has 0 spiro atoms. The topological polar surface area (TPSA) is 79.3 Å². The minimum absolute atomic E-state index is 0.369. The number of aliphatic hydroxyl groups excluding tert-OH is 1. The Bertz CT molecular complexity index is 1220. The zero-order valence-corrected chi connectivity index (χ0v) is 16.7. The molecule has 0 fully saturated rings. The molecule has 0 radical (unpaired) electrons. The number of nitrogens with zero attached hydrogens (tertiary/aromatic N) is 3. The molecule has 7 heteroatoms. The highest BCUT2D eigenvalue weighted by atomic mass is 35.5. The van der Waals surface area contributed by atoms with Gasteiger partial charge in [-0.2, -0.15) is 0 Å². The minimum atomic E-state index is -0.700. The van der Waals surface area contributed by atoms with Crippen LogP contribution < -0.4 is 0 Å². The second-order valence-electron chi connectivity index (χ2n) is 7.07. The summed E-state index contributed by atoms with van der Waals surface area (Å²) >= 11 is 6.30. The molecule has 146 valence electrons. The number of aliphatic hydroxyl groups is 1. The van der Waals surface area contributed by atoms with Crippen molar-refractivity contribution in [1.82, 2.24) is 15.2 Å². The van der Waals surface area contributed by atoms with E-state index in [2.05, 4.69) is 20.0 Å². The van der Waals surface area contributed by atoms with E-state index >= 15 is 0 Å². The molecule has 29 heavy (non-hydrogen) atoms. The third-order valence-electron chi connectivity index (χ3n) is 5.18. The maximum atomic E-state index is 10.4. The van der Waals surface area contributed by atoms with Gasteiger partial charge >= 0.3 is 0 Å². The quantitative estimate of drug-likeness (QED) is 0.432. The number of hydrogen-bond acceptors (Lipinski definition) is 4. The van der Waals surface area contributed by atoms with Crippen molar-refractivity contribution in [3.8, 4) is 11.5 Å². The summed E-state index contributed by atoms with van der Waals surface area (Å²) in [5.41, 5.74) is 4.03. The highest BCUT2D eigenvalue weighted by Gasteiger charge is 2.26. The SMILES string of the molecule is [C-]#[N+]c1ccc(C[C@@H](c2nnc(-c3ccc4[nH]ccc4c3)o2)[C@H](C)O)c(C)c1Cl. The van der Waals surface area contributed by atoms with Crippen LogP contribution in [0.4, 0.5) is 5.69 Å². The first-order valence-electron chi connectivity index (χ1n) is 9.22. The van der Waals surface area contributed by atoms with E-state index in [1.54, 1.807) is 13.0 Å². The molecule has 6 nitrogen and oxygen atoms in total. The third-order valence-corrected chi connectivity index (χ3v) is 5.66. The molecule has 0 bridgehead atoms. The number of aromatic nitrogens is 3. The highest BCUT2D eigenvalue weighted by molar-refractivity contribution is 6.34. The van der Waals surface area contributed by atoms with Crippen molar-refractivity contribution in [2.75, 3.05) is 0 Å². The summed E-state index contributed by atoms with van der Waals surface area (Å²) in [5.74, 6) is 0.390. The molecule has 4 aromatic rings. The summed E-state index contributed by atoms with van der Waals surface area (Å²) in [4.78, 5) is 6.58. The summed E-state index contributed by atoms with van der Waals surface area (Å²) in [5, 5.41) is 20.2. The molecule has 0 unspecified atom stereocenters. The van der Waals surface area contributed by atoms with Crippen LogP contribution in [-0.4, -0.2) is 26.4 Å². The smallest absolute Gasteiger partial charge is 0.247 e. The van der Waals surface area contributed by atoms with Gasteiger partial charge in [-0.25, -0.2) is 4.85 Å². The first-order valence-corrected chi connectivity index (χ1v) is 9.60. The van der Waals surface area contributed by atoms with Gasteiger partial charge in [-0.05, 0) is 55.7 Å². The van der Waals surface area contributed by atoms with Crippen LogP contribution in [-0.2, 0) is 6.42 Å². The van der Waals surface area contributed by atoms with Gasteiger partial charge in [0.25, 0.3) is 0 Å². The van der Waals surface area contributed by atoms with Crippen molar-refractivity contribution < 1.29 is 9.52 Å². The largest absolute Gasteiger partial charge is 0.420 e. The van der Waals surface area contributed by atoms with Crippen LogP contribution in [0, 0.1) is 13.5 Å². The lowest BCUT2D eigenvalue weighted by Gasteiger charge is -2.18. The third kappa shape index (κ3) is 3.63. The molecule has 0 saturated heterocycles. The van der Waals surface area contributed by atoms with E-state index < -0.39 is 6.10 Å². The Kier molecular flexibility index (Phi) is 5.10. The van der Waals surface area contributed by atoms with Crippen LogP contribution in [0.3, 0.4) is 0 Å². The number of benzene rings is 2. The van der Waals surface area contributed by atoms with Gasteiger partial charge in [0.15, 0.2) is 0 Å². The van der Waals surface area contributed by atoms with Gasteiger partial charge < -0.3 is 14.5 Å². The molecular weight excluding hydrogens is 388 g/mol. The van der Waals surface area contributed by atoms with Gasteiger partial charge in [0.2, 0.25) is 17.5 Å². The predicted molar refractivity (Wildman–Crippen MR) is 112 cm³/mol. The second-order valence-corrected chi connectivity index (χ2v) is 7.45. The normalized spacial score (nSPS) is 13.3. The first kappa shape index (κ1) is 19.2. The fraction of sp³-hybridized carbons (Fsp3) is 0.227. The van der Waals surface area contributed by atoms with Crippen molar-refractivity contribution in [2.45, 2.75) is 32.3 Å². The van der Waals surface area contributed by atoms with Gasteiger partial charge in [0, 0.05) is 22.7 Å². The molecule has 2 N–H and O–H groups in total. The van der Waals surface area contributed by atoms with E-state index in [1.165, 1.54) is 0 Å². The molecular formula is C22H19ClN4O2. The van der Waals surface area contributed by atoms with E-state index in [0.717, 1.165) is 27.6 Å². The molecule has 4 rings (SSSR count). The summed E-state index contributed by atoms with van der Waals surface area (Å²) in [7, 11) is 0. The van der Waals surface area contributed by atoms with Crippen LogP contribution >= 0.6 is 11.6 Å². The van der Waals surface area contributed by atoms with Gasteiger partial charge in [-0.3, -0.25) is 0 Å². The lowest BCUT2D eigenvalue weighted by molar-refractivity contribution is 0.148. The molecule has 0 aliphatic heterocycles. The van der Waals surface area contributed by atoms with Gasteiger partial charge in [0.1, 0.15) is 0 Å². The van der Waals surface area contributed by atoms with Crippen molar-refractivity contribution in [3.05, 3.63) is 76.1 Å². The van der Waals surface area contributed by atoms with Crippen LogP contribution in [0.25, 0.3) is 27.2 Å². The molecule has 0 aliphatic carbocycles. The number of halogens is 1. The van der Waals surface area contributed by atoms with Crippen LogP contribution in [0.5, 0.6) is 0 Å². The minimum Gasteiger partial charge on any atom is -0.420 e. The van der Waals surface area contributed by atoms with Crippen molar-refractivity contribution in [1.29, 1.82) is 0 Å². The number of nitrogens with one attached hydrogen (secondary N) is 1. The maximum Gasteiger partial charge on any atom is 0.247 e. The van der Waals surface area contributed by atoms with E-state index in [9.17, 15) is 5.11 Å². The Morgan fingerprint density at radius 2 is 2.07 bits per heavy atom. The van der Waals surface area contributed by atoms with Crippen LogP contribution in [0.2, 0.25) is 5.02 Å². The Balaban J connectivity index is 1.65. The van der Waals surface area contributed by atoms with Crippen molar-refractivity contribution in [3.63, 3.8) is 0 Å². The Hall–Kier alpha value is -3.14. The molecule has 0 aliphatic rings. The molecule has 2 atom stereocenters. The van der Waals surface area contributed by atoms with E-state index in [4.69, 9.17) is 22.6 Å². The Morgan fingerprint density at radius 1 is 1.24 bits per heavy atom. The van der Waals surface area contributed by atoms with E-state index in [-0.39, 0.29) is 5.92 Å². The average molecular weight is 407 g/mol. The molecule has 2 heterocycles. The van der Waals surface area contributed by atoms with Crippen molar-refractivity contribution in [2.24, 2.45) is 0 Å². The van der Waals surface area contributed by atoms with Gasteiger partial charge in [0.05, 0.1) is 23.6 Å². The summed E-state index contributed by atoms with van der Waals surface area (Å²) in [6, 6.07) is 11.4. The zero-order chi connectivity index (χ0) is 20.5. The highest BCUT2D eigenvalue weighted by Crippen LogP contribution is 2.34. The predicted octanol–water partition coefficient (Wildman–Crippen LogP) is 5.44. The molecule has 0 amide bonds. The monoisotopic (exact) mass is 406 g/mol. The number of rotatable bonds is 5. The number of fused-ring (bicyclic) bond motifs is 1. The van der Waals surface area contributed by atoms with Crippen molar-refractivity contribution >= 4 is 28.2 Å². The standard InChI is InChI=1S/C22H19ClN4O2/c1-12-14(4-7-19(24-3)20(12)23)11-17(13(2)28)22-27-26-21(29-22)16-5-6-18-15(10-16)8-9-25-18/h4-10,13,17,25,28H,11H2,1-2H3/t13-,17+/m0/s1. The number of hydrogen-bond donors (Lipinski definition) is 2. The molecule has 0 saturated carbocycles. The van der Waals surface area contributed by atoms with Gasteiger partial charge in [-0.1, -0.05) is 23.7 Å². The molecule has 2 aromatic carbocycles. The fourth-order valence-electron chi connectivity index (χ4n) is 3.41. The maximum absolute atomic E-state index is 10.4. The van der Waals surface area contributed by atoms with E-state index in [1.807, 2.05) is 43.5 Å². The van der Waals surface area contributed by atoms with Crippen LogP contribution in [0.1, 0.15) is 29.9 Å². The lowest BCUT2D eigenvalue weighted by atomic mass is 9.92. The number of H-pyrrole nitrogens is 1. The second kappa shape index (κ2) is 7.70. The lowest BCUT2D eigenvalue weighted by Crippen LogP contribution is -2.18. The van der Waals surface area contributed by atoms with E-state index in [0.29, 0.717) is 28.9 Å². The van der Waals surface area contributed by atoms with Gasteiger partial charge in [-0.15, -0.1) is 10.2 Å². The Labute approximate surface area is 173 Å². The first-order chi connectivity index (χ1) is 14.0. The molecule has 2 aromatic heterocycles. The summed E-state index contributed by atoms with van der Waals surface area (Å²) in [6.45, 7) is 10.8. The van der Waals surface area contributed by atoms with Crippen LogP contribution in [0.15, 0.2) is 47.0 Å². The fourth-order valence-corrected chi connectivity index (χ4v) is 3.63. The average Bonchev–Trinajstić information content (AvgIpc) is 3.37. The summed E-state index contributed by atoms with van der Waals surface area (Å²) in [6.07, 6.45) is 1.65.